The zero-order chi connectivity index (χ0) is 44.7. The Bertz CT molecular complexity index is 933. The van der Waals surface area contributed by atoms with Crippen LogP contribution in [0.5, 0.6) is 0 Å². The highest BCUT2D eigenvalue weighted by Gasteiger charge is 2.19. The molecule has 6 heteroatoms. The van der Waals surface area contributed by atoms with E-state index in [4.69, 9.17) is 14.2 Å². The lowest BCUT2D eigenvalue weighted by Gasteiger charge is -2.18. The molecule has 0 aromatic rings. The molecule has 362 valence electrons. The second-order valence-electron chi connectivity index (χ2n) is 19.6. The van der Waals surface area contributed by atoms with Crippen molar-refractivity contribution in [3.63, 3.8) is 0 Å². The van der Waals surface area contributed by atoms with Crippen molar-refractivity contribution < 1.29 is 28.6 Å². The first-order valence-corrected chi connectivity index (χ1v) is 27.3. The van der Waals surface area contributed by atoms with E-state index in [2.05, 4.69) is 34.6 Å². The minimum Gasteiger partial charge on any atom is -0.462 e. The van der Waals surface area contributed by atoms with Gasteiger partial charge < -0.3 is 14.2 Å². The predicted molar refractivity (Wildman–Crippen MR) is 261 cm³/mol. The van der Waals surface area contributed by atoms with Gasteiger partial charge in [-0.15, -0.1) is 0 Å². The molecule has 0 amide bonds. The molecule has 0 saturated heterocycles. The summed E-state index contributed by atoms with van der Waals surface area (Å²) in [5, 5.41) is 0. The van der Waals surface area contributed by atoms with E-state index in [-0.39, 0.29) is 31.1 Å². The fourth-order valence-corrected chi connectivity index (χ4v) is 8.31. The molecule has 0 aromatic carbocycles. The molecule has 2 atom stereocenters. The van der Waals surface area contributed by atoms with Gasteiger partial charge in [0.15, 0.2) is 6.10 Å². The van der Waals surface area contributed by atoms with Crippen molar-refractivity contribution in [2.75, 3.05) is 13.2 Å². The zero-order valence-electron chi connectivity index (χ0n) is 41.8. The van der Waals surface area contributed by atoms with Crippen LogP contribution in [0, 0.1) is 11.8 Å². The molecule has 0 fully saturated rings. The third kappa shape index (κ3) is 47.7. The summed E-state index contributed by atoms with van der Waals surface area (Å²) in [5.41, 5.74) is 0. The van der Waals surface area contributed by atoms with E-state index < -0.39 is 6.10 Å². The number of carbonyl (C=O) groups excluding carboxylic acids is 3. The Hall–Kier alpha value is -1.59. The molecule has 0 heterocycles. The minimum atomic E-state index is -0.762. The Labute approximate surface area is 380 Å². The Morgan fingerprint density at radius 1 is 0.344 bits per heavy atom. The van der Waals surface area contributed by atoms with Gasteiger partial charge in [-0.25, -0.2) is 0 Å². The van der Waals surface area contributed by atoms with Gasteiger partial charge in [0.2, 0.25) is 0 Å². The summed E-state index contributed by atoms with van der Waals surface area (Å²) < 4.78 is 16.8. The fourth-order valence-electron chi connectivity index (χ4n) is 8.31. The van der Waals surface area contributed by atoms with Crippen molar-refractivity contribution in [2.24, 2.45) is 11.8 Å². The lowest BCUT2D eigenvalue weighted by molar-refractivity contribution is -0.167. The van der Waals surface area contributed by atoms with E-state index in [9.17, 15) is 14.4 Å². The van der Waals surface area contributed by atoms with Crippen LogP contribution < -0.4 is 0 Å². The average molecular weight is 863 g/mol. The highest BCUT2D eigenvalue weighted by molar-refractivity contribution is 5.71. The Morgan fingerprint density at radius 3 is 0.934 bits per heavy atom. The number of carbonyl (C=O) groups is 3. The van der Waals surface area contributed by atoms with E-state index in [1.807, 2.05) is 0 Å². The molecule has 61 heavy (non-hydrogen) atoms. The number of hydrogen-bond acceptors (Lipinski definition) is 6. The summed E-state index contributed by atoms with van der Waals surface area (Å²) in [6.07, 6.45) is 49.6. The van der Waals surface area contributed by atoms with Gasteiger partial charge in [0.25, 0.3) is 0 Å². The molecule has 0 aliphatic heterocycles. The molecule has 0 saturated carbocycles. The van der Waals surface area contributed by atoms with Gasteiger partial charge in [0.1, 0.15) is 13.2 Å². The summed E-state index contributed by atoms with van der Waals surface area (Å²) in [6.45, 7) is 11.4. The number of rotatable bonds is 49. The van der Waals surface area contributed by atoms with Gasteiger partial charge in [-0.1, -0.05) is 266 Å². The van der Waals surface area contributed by atoms with Gasteiger partial charge in [-0.3, -0.25) is 14.4 Å². The molecule has 0 bridgehead atoms. The first kappa shape index (κ1) is 59.4. The number of ether oxygens (including phenoxy) is 3. The quantitative estimate of drug-likeness (QED) is 0.0344. The van der Waals surface area contributed by atoms with Gasteiger partial charge in [0, 0.05) is 19.3 Å². The largest absolute Gasteiger partial charge is 0.462 e. The van der Waals surface area contributed by atoms with E-state index in [1.165, 1.54) is 193 Å². The smallest absolute Gasteiger partial charge is 0.306 e. The predicted octanol–water partition coefficient (Wildman–Crippen LogP) is 17.7. The van der Waals surface area contributed by atoms with Crippen molar-refractivity contribution >= 4 is 17.9 Å². The Balaban J connectivity index is 4.14. The molecule has 0 rings (SSSR count). The minimum absolute atomic E-state index is 0.0644. The summed E-state index contributed by atoms with van der Waals surface area (Å²) >= 11 is 0. The van der Waals surface area contributed by atoms with Crippen molar-refractivity contribution in [1.82, 2.24) is 0 Å². The van der Waals surface area contributed by atoms with Crippen molar-refractivity contribution in [1.29, 1.82) is 0 Å². The second-order valence-corrected chi connectivity index (χ2v) is 19.6. The van der Waals surface area contributed by atoms with Crippen LogP contribution in [0.25, 0.3) is 0 Å². The number of unbranched alkanes of at least 4 members (excludes halogenated alkanes) is 33. The van der Waals surface area contributed by atoms with Crippen molar-refractivity contribution in [3.8, 4) is 0 Å². The molecule has 0 aliphatic rings. The first-order chi connectivity index (χ1) is 29.8. The van der Waals surface area contributed by atoms with Crippen LogP contribution in [0.3, 0.4) is 0 Å². The number of esters is 3. The standard InChI is InChI=1S/C55H106O6/c1-6-8-9-10-11-12-13-23-26-29-35-40-45-53(56)59-48-52(61-55(58)47-42-37-32-31-33-38-43-50(3)4)49-60-54(57)46-41-36-30-27-24-21-19-17-15-14-16-18-20-22-25-28-34-39-44-51(5)7-2/h50-52H,6-49H2,1-5H3/t51?,52-/m1/s1. The molecule has 0 spiro atoms. The van der Waals surface area contributed by atoms with E-state index in [0.29, 0.717) is 19.3 Å². The van der Waals surface area contributed by atoms with Gasteiger partial charge in [-0.05, 0) is 31.1 Å². The van der Waals surface area contributed by atoms with E-state index >= 15 is 0 Å². The maximum Gasteiger partial charge on any atom is 0.306 e. The molecule has 6 nitrogen and oxygen atoms in total. The normalized spacial score (nSPS) is 12.5. The average Bonchev–Trinajstić information content (AvgIpc) is 3.24. The van der Waals surface area contributed by atoms with Crippen LogP contribution in [-0.4, -0.2) is 37.2 Å². The third-order valence-corrected chi connectivity index (χ3v) is 12.8. The van der Waals surface area contributed by atoms with Crippen LogP contribution >= 0.6 is 0 Å². The Morgan fingerprint density at radius 2 is 0.623 bits per heavy atom. The fraction of sp³-hybridized carbons (Fsp3) is 0.945. The molecule has 0 aromatic heterocycles. The van der Waals surface area contributed by atoms with E-state index in [1.54, 1.807) is 0 Å². The summed E-state index contributed by atoms with van der Waals surface area (Å²) in [4.78, 5) is 37.9. The SMILES string of the molecule is CCCCCCCCCCCCCCC(=O)OC[C@H](COC(=O)CCCCCCCCCCCCCCCCCCCCC(C)CC)OC(=O)CCCCCCCCC(C)C. The van der Waals surface area contributed by atoms with Crippen LogP contribution in [0.2, 0.25) is 0 Å². The zero-order valence-corrected chi connectivity index (χ0v) is 41.8. The van der Waals surface area contributed by atoms with Crippen LogP contribution in [0.15, 0.2) is 0 Å². The summed E-state index contributed by atoms with van der Waals surface area (Å²) in [7, 11) is 0. The van der Waals surface area contributed by atoms with Crippen molar-refractivity contribution in [3.05, 3.63) is 0 Å². The first-order valence-electron chi connectivity index (χ1n) is 27.3. The second kappa shape index (κ2) is 47.9. The van der Waals surface area contributed by atoms with Crippen LogP contribution in [-0.2, 0) is 28.6 Å². The molecular formula is C55H106O6. The maximum atomic E-state index is 12.7. The van der Waals surface area contributed by atoms with Gasteiger partial charge in [0.05, 0.1) is 0 Å². The summed E-state index contributed by atoms with van der Waals surface area (Å²) in [5.74, 6) is 0.818. The molecule has 1 unspecified atom stereocenters. The highest BCUT2D eigenvalue weighted by Crippen LogP contribution is 2.18. The molecule has 0 N–H and O–H groups in total. The highest BCUT2D eigenvalue weighted by atomic mass is 16.6. The molecule has 0 radical (unpaired) electrons. The monoisotopic (exact) mass is 863 g/mol. The Kier molecular flexibility index (Phi) is 46.6. The van der Waals surface area contributed by atoms with Gasteiger partial charge >= 0.3 is 17.9 Å². The van der Waals surface area contributed by atoms with Crippen molar-refractivity contribution in [2.45, 2.75) is 310 Å². The van der Waals surface area contributed by atoms with E-state index in [0.717, 1.165) is 69.6 Å². The molecule has 0 aliphatic carbocycles. The van der Waals surface area contributed by atoms with Gasteiger partial charge in [-0.2, -0.15) is 0 Å². The number of hydrogen-bond donors (Lipinski definition) is 0. The maximum absolute atomic E-state index is 12.7. The third-order valence-electron chi connectivity index (χ3n) is 12.8. The summed E-state index contributed by atoms with van der Waals surface area (Å²) in [6, 6.07) is 0. The lowest BCUT2D eigenvalue weighted by Crippen LogP contribution is -2.30. The lowest BCUT2D eigenvalue weighted by atomic mass is 9.99. The molecular weight excluding hydrogens is 757 g/mol. The van der Waals surface area contributed by atoms with Crippen LogP contribution in [0.4, 0.5) is 0 Å². The van der Waals surface area contributed by atoms with Crippen LogP contribution in [0.1, 0.15) is 304 Å². The topological polar surface area (TPSA) is 78.9 Å².